The van der Waals surface area contributed by atoms with E-state index in [-0.39, 0.29) is 11.8 Å². The number of carbonyl (C=O) groups is 3. The molecule has 17 heavy (non-hydrogen) atoms. The maximum atomic E-state index is 12.1. The maximum absolute atomic E-state index is 12.1. The summed E-state index contributed by atoms with van der Waals surface area (Å²) in [4.78, 5) is 35.4. The van der Waals surface area contributed by atoms with Crippen LogP contribution in [0.25, 0.3) is 0 Å². The monoisotopic (exact) mass is 238 g/mol. The van der Waals surface area contributed by atoms with Gasteiger partial charge in [0.15, 0.2) is 0 Å². The number of hydrogen-bond acceptors (Lipinski definition) is 3. The molecule has 1 spiro atoms. The molecule has 0 aromatic carbocycles. The van der Waals surface area contributed by atoms with Crippen LogP contribution in [-0.4, -0.2) is 17.8 Å². The van der Waals surface area contributed by atoms with Crippen LogP contribution in [0.15, 0.2) is 0 Å². The Kier molecular flexibility index (Phi) is 2.72. The lowest BCUT2D eigenvalue weighted by molar-refractivity contribution is -0.149. The predicted octanol–water partition coefficient (Wildman–Crippen LogP) is 1.04. The van der Waals surface area contributed by atoms with Crippen molar-refractivity contribution in [3.05, 3.63) is 0 Å². The van der Waals surface area contributed by atoms with Gasteiger partial charge in [0, 0.05) is 0 Å². The summed E-state index contributed by atoms with van der Waals surface area (Å²) in [7, 11) is 0. The quantitative estimate of drug-likeness (QED) is 0.670. The topological polar surface area (TPSA) is 75.3 Å². The van der Waals surface area contributed by atoms with Gasteiger partial charge in [-0.3, -0.25) is 20.2 Å². The summed E-state index contributed by atoms with van der Waals surface area (Å²) in [5, 5.41) is 4.48. The van der Waals surface area contributed by atoms with Crippen LogP contribution in [0.4, 0.5) is 4.79 Å². The van der Waals surface area contributed by atoms with E-state index >= 15 is 0 Å². The summed E-state index contributed by atoms with van der Waals surface area (Å²) < 4.78 is 0. The second-order valence-electron chi connectivity index (χ2n) is 5.20. The van der Waals surface area contributed by atoms with Crippen LogP contribution in [0.2, 0.25) is 0 Å². The van der Waals surface area contributed by atoms with E-state index < -0.39 is 23.3 Å². The summed E-state index contributed by atoms with van der Waals surface area (Å²) in [5.41, 5.74) is -1.06. The molecule has 5 nitrogen and oxygen atoms in total. The van der Waals surface area contributed by atoms with Gasteiger partial charge in [-0.05, 0) is 24.2 Å². The Balaban J connectivity index is 2.43. The van der Waals surface area contributed by atoms with Gasteiger partial charge in [-0.15, -0.1) is 0 Å². The number of amides is 4. The Morgan fingerprint density at radius 2 is 1.71 bits per heavy atom. The number of urea groups is 1. The molecule has 0 aromatic rings. The first kappa shape index (κ1) is 12.1. The van der Waals surface area contributed by atoms with Gasteiger partial charge < -0.3 is 0 Å². The number of nitrogens with one attached hydrogen (secondary N) is 2. The van der Waals surface area contributed by atoms with Crippen molar-refractivity contribution >= 4 is 17.8 Å². The fourth-order valence-corrected chi connectivity index (χ4v) is 3.59. The molecule has 1 saturated carbocycles. The van der Waals surface area contributed by atoms with Crippen molar-refractivity contribution < 1.29 is 14.4 Å². The van der Waals surface area contributed by atoms with Gasteiger partial charge in [0.2, 0.25) is 11.8 Å². The fourth-order valence-electron chi connectivity index (χ4n) is 3.59. The van der Waals surface area contributed by atoms with Crippen LogP contribution < -0.4 is 10.6 Å². The Labute approximate surface area is 100 Å². The third-order valence-corrected chi connectivity index (χ3v) is 4.59. The molecule has 1 aliphatic carbocycles. The molecular weight excluding hydrogens is 220 g/mol. The highest BCUT2D eigenvalue weighted by molar-refractivity contribution is 6.19. The van der Waals surface area contributed by atoms with Crippen molar-refractivity contribution in [2.24, 2.45) is 23.2 Å². The molecule has 2 N–H and O–H groups in total. The molecule has 3 unspecified atom stereocenters. The lowest BCUT2D eigenvalue weighted by Crippen LogP contribution is -2.65. The third kappa shape index (κ3) is 1.41. The highest BCUT2D eigenvalue weighted by Gasteiger charge is 2.62. The smallest absolute Gasteiger partial charge is 0.277 e. The van der Waals surface area contributed by atoms with Crippen LogP contribution in [0.3, 0.4) is 0 Å². The number of imide groups is 2. The molecule has 2 aliphatic rings. The van der Waals surface area contributed by atoms with Crippen molar-refractivity contribution in [2.45, 2.75) is 33.6 Å². The molecule has 3 atom stereocenters. The van der Waals surface area contributed by atoms with E-state index in [4.69, 9.17) is 0 Å². The fraction of sp³-hybridized carbons (Fsp3) is 0.750. The zero-order valence-electron chi connectivity index (χ0n) is 10.4. The van der Waals surface area contributed by atoms with Crippen LogP contribution >= 0.6 is 0 Å². The normalized spacial score (nSPS) is 35.9. The second kappa shape index (κ2) is 3.82. The summed E-state index contributed by atoms with van der Waals surface area (Å²) in [6.45, 7) is 5.92. The zero-order valence-corrected chi connectivity index (χ0v) is 10.4. The van der Waals surface area contributed by atoms with Gasteiger partial charge in [-0.25, -0.2) is 4.79 Å². The number of hydrogen-bond donors (Lipinski definition) is 2. The lowest BCUT2D eigenvalue weighted by atomic mass is 9.69. The number of rotatable bonds is 1. The van der Waals surface area contributed by atoms with Gasteiger partial charge in [0.05, 0.1) is 0 Å². The third-order valence-electron chi connectivity index (χ3n) is 4.59. The average molecular weight is 238 g/mol. The average Bonchev–Trinajstić information content (AvgIpc) is 2.49. The molecule has 2 rings (SSSR count). The van der Waals surface area contributed by atoms with Gasteiger partial charge in [-0.1, -0.05) is 27.2 Å². The lowest BCUT2D eigenvalue weighted by Gasteiger charge is -2.37. The summed E-state index contributed by atoms with van der Waals surface area (Å²) >= 11 is 0. The Morgan fingerprint density at radius 1 is 1.18 bits per heavy atom. The van der Waals surface area contributed by atoms with Crippen molar-refractivity contribution in [3.63, 3.8) is 0 Å². The van der Waals surface area contributed by atoms with E-state index in [1.54, 1.807) is 0 Å². The Morgan fingerprint density at radius 3 is 2.12 bits per heavy atom. The van der Waals surface area contributed by atoms with E-state index in [2.05, 4.69) is 17.6 Å². The van der Waals surface area contributed by atoms with E-state index in [1.807, 2.05) is 13.8 Å². The molecule has 94 valence electrons. The largest absolute Gasteiger partial charge is 0.328 e. The number of carbonyl (C=O) groups excluding carboxylic acids is 3. The molecule has 1 saturated heterocycles. The van der Waals surface area contributed by atoms with Gasteiger partial charge in [0.1, 0.15) is 5.41 Å². The highest BCUT2D eigenvalue weighted by Crippen LogP contribution is 2.52. The van der Waals surface area contributed by atoms with E-state index in [9.17, 15) is 14.4 Å². The van der Waals surface area contributed by atoms with Gasteiger partial charge in [0.25, 0.3) is 0 Å². The Hall–Kier alpha value is -1.39. The van der Waals surface area contributed by atoms with E-state index in [1.165, 1.54) is 0 Å². The van der Waals surface area contributed by atoms with Crippen LogP contribution in [0, 0.1) is 23.2 Å². The first-order valence-corrected chi connectivity index (χ1v) is 6.11. The first-order chi connectivity index (χ1) is 7.94. The molecule has 0 bridgehead atoms. The first-order valence-electron chi connectivity index (χ1n) is 6.11. The van der Waals surface area contributed by atoms with Crippen molar-refractivity contribution in [1.82, 2.24) is 10.6 Å². The molecule has 0 radical (unpaired) electrons. The molecule has 0 aromatic heterocycles. The van der Waals surface area contributed by atoms with Crippen molar-refractivity contribution in [2.75, 3.05) is 0 Å². The standard InChI is InChI=1S/C12H18N2O3/c1-4-8-5-6(2)12(7(8)3)9(15)13-11(17)14-10(12)16/h6-8H,4-5H2,1-3H3,(H2,13,14,15,16,17). The molecule has 5 heteroatoms. The van der Waals surface area contributed by atoms with Crippen LogP contribution in [0.5, 0.6) is 0 Å². The molecule has 4 amide bonds. The Bertz CT molecular complexity index is 371. The van der Waals surface area contributed by atoms with Gasteiger partial charge in [-0.2, -0.15) is 0 Å². The predicted molar refractivity (Wildman–Crippen MR) is 60.8 cm³/mol. The molecule has 2 fully saturated rings. The SMILES string of the molecule is CCC1CC(C)C2(C(=O)NC(=O)NC2=O)C1C. The highest BCUT2D eigenvalue weighted by atomic mass is 16.2. The van der Waals surface area contributed by atoms with Gasteiger partial charge >= 0.3 is 6.03 Å². The summed E-state index contributed by atoms with van der Waals surface area (Å²) in [6.07, 6.45) is 1.80. The molecule has 1 heterocycles. The maximum Gasteiger partial charge on any atom is 0.328 e. The minimum Gasteiger partial charge on any atom is -0.277 e. The van der Waals surface area contributed by atoms with Crippen LogP contribution in [0.1, 0.15) is 33.6 Å². The molecular formula is C12H18N2O3. The molecule has 1 aliphatic heterocycles. The summed E-state index contributed by atoms with van der Waals surface area (Å²) in [6, 6.07) is -0.704. The minimum atomic E-state index is -1.06. The zero-order chi connectivity index (χ0) is 12.8. The summed E-state index contributed by atoms with van der Waals surface area (Å²) in [5.74, 6) is -0.565. The van der Waals surface area contributed by atoms with E-state index in [0.29, 0.717) is 5.92 Å². The number of barbiturate groups is 1. The minimum absolute atomic E-state index is 0.0319. The second-order valence-corrected chi connectivity index (χ2v) is 5.20. The van der Waals surface area contributed by atoms with Crippen molar-refractivity contribution in [3.8, 4) is 0 Å². The van der Waals surface area contributed by atoms with E-state index in [0.717, 1.165) is 12.8 Å². The van der Waals surface area contributed by atoms with Crippen LogP contribution in [-0.2, 0) is 9.59 Å². The van der Waals surface area contributed by atoms with Crippen molar-refractivity contribution in [1.29, 1.82) is 0 Å².